The van der Waals surface area contributed by atoms with Crippen molar-refractivity contribution in [2.45, 2.75) is 20.8 Å². The van der Waals surface area contributed by atoms with Gasteiger partial charge in [0.2, 0.25) is 0 Å². The molecule has 0 aromatic carbocycles. The first kappa shape index (κ1) is 11.6. The summed E-state index contributed by atoms with van der Waals surface area (Å²) >= 11 is 9.41. The van der Waals surface area contributed by atoms with E-state index < -0.39 is 0 Å². The molecule has 84 valence electrons. The van der Waals surface area contributed by atoms with Crippen LogP contribution in [0.2, 0.25) is 5.15 Å². The number of halogens is 2. The standard InChI is InChI=1S/C11H11BrClN3/c1-6-5-14-10(13)4-9(6)16-8(3)11(12)7(2)15-16/h4-5H,1-3H3. The van der Waals surface area contributed by atoms with Crippen LogP contribution in [0, 0.1) is 20.8 Å². The first-order chi connectivity index (χ1) is 7.50. The molecule has 16 heavy (non-hydrogen) atoms. The Hall–Kier alpha value is -0.870. The van der Waals surface area contributed by atoms with E-state index >= 15 is 0 Å². The fourth-order valence-corrected chi connectivity index (χ4v) is 1.97. The number of aryl methyl sites for hydroxylation is 2. The second-order valence-corrected chi connectivity index (χ2v) is 4.87. The van der Waals surface area contributed by atoms with Gasteiger partial charge >= 0.3 is 0 Å². The van der Waals surface area contributed by atoms with E-state index in [4.69, 9.17) is 11.6 Å². The van der Waals surface area contributed by atoms with Gasteiger partial charge in [0.05, 0.1) is 21.5 Å². The average Bonchev–Trinajstić information content (AvgIpc) is 2.50. The molecule has 0 bridgehead atoms. The van der Waals surface area contributed by atoms with Gasteiger partial charge in [0.1, 0.15) is 5.15 Å². The van der Waals surface area contributed by atoms with Gasteiger partial charge in [0, 0.05) is 12.3 Å². The monoisotopic (exact) mass is 299 g/mol. The van der Waals surface area contributed by atoms with Crippen LogP contribution in [0.1, 0.15) is 17.0 Å². The third-order valence-electron chi connectivity index (χ3n) is 2.47. The highest BCUT2D eigenvalue weighted by Crippen LogP contribution is 2.25. The van der Waals surface area contributed by atoms with Crippen molar-refractivity contribution in [3.63, 3.8) is 0 Å². The van der Waals surface area contributed by atoms with Gasteiger partial charge in [-0.15, -0.1) is 0 Å². The second kappa shape index (κ2) is 4.18. The predicted molar refractivity (Wildman–Crippen MR) is 68.3 cm³/mol. The maximum absolute atomic E-state index is 5.90. The normalized spacial score (nSPS) is 10.8. The van der Waals surface area contributed by atoms with E-state index in [2.05, 4.69) is 26.0 Å². The van der Waals surface area contributed by atoms with Crippen LogP contribution in [-0.4, -0.2) is 14.8 Å². The van der Waals surface area contributed by atoms with Crippen LogP contribution >= 0.6 is 27.5 Å². The number of aromatic nitrogens is 3. The summed E-state index contributed by atoms with van der Waals surface area (Å²) in [6.45, 7) is 5.96. The number of hydrogen-bond donors (Lipinski definition) is 0. The van der Waals surface area contributed by atoms with Crippen LogP contribution in [0.25, 0.3) is 5.69 Å². The molecule has 0 aliphatic carbocycles. The van der Waals surface area contributed by atoms with Crippen LogP contribution < -0.4 is 0 Å². The molecule has 3 nitrogen and oxygen atoms in total. The summed E-state index contributed by atoms with van der Waals surface area (Å²) < 4.78 is 2.90. The molecular weight excluding hydrogens is 289 g/mol. The average molecular weight is 301 g/mol. The maximum Gasteiger partial charge on any atom is 0.131 e. The zero-order valence-electron chi connectivity index (χ0n) is 9.25. The van der Waals surface area contributed by atoms with E-state index in [1.165, 1.54) is 0 Å². The number of hydrogen-bond acceptors (Lipinski definition) is 2. The zero-order valence-corrected chi connectivity index (χ0v) is 11.6. The lowest BCUT2D eigenvalue weighted by Gasteiger charge is -2.07. The van der Waals surface area contributed by atoms with Gasteiger partial charge in [0.15, 0.2) is 0 Å². The molecule has 0 unspecified atom stereocenters. The van der Waals surface area contributed by atoms with Gasteiger partial charge in [-0.25, -0.2) is 9.67 Å². The minimum absolute atomic E-state index is 0.476. The van der Waals surface area contributed by atoms with Crippen molar-refractivity contribution in [3.05, 3.63) is 38.8 Å². The lowest BCUT2D eigenvalue weighted by molar-refractivity contribution is 0.824. The van der Waals surface area contributed by atoms with E-state index in [0.717, 1.165) is 27.1 Å². The molecule has 0 aliphatic heterocycles. The van der Waals surface area contributed by atoms with E-state index in [0.29, 0.717) is 5.15 Å². The third-order valence-corrected chi connectivity index (χ3v) is 3.83. The minimum Gasteiger partial charge on any atom is -0.244 e. The Morgan fingerprint density at radius 2 is 2.00 bits per heavy atom. The van der Waals surface area contributed by atoms with Crippen molar-refractivity contribution in [1.29, 1.82) is 0 Å². The topological polar surface area (TPSA) is 30.7 Å². The summed E-state index contributed by atoms with van der Waals surface area (Å²) in [5.41, 5.74) is 4.03. The van der Waals surface area contributed by atoms with Crippen molar-refractivity contribution in [2.75, 3.05) is 0 Å². The predicted octanol–water partition coefficient (Wildman–Crippen LogP) is 3.61. The van der Waals surface area contributed by atoms with Gasteiger partial charge in [0.25, 0.3) is 0 Å². The molecule has 2 aromatic rings. The fourth-order valence-electron chi connectivity index (χ4n) is 1.57. The first-order valence-corrected chi connectivity index (χ1v) is 6.02. The Kier molecular flexibility index (Phi) is 3.04. The molecule has 0 saturated heterocycles. The molecule has 0 N–H and O–H groups in total. The summed E-state index contributed by atoms with van der Waals surface area (Å²) in [5, 5.41) is 4.94. The number of rotatable bonds is 1. The van der Waals surface area contributed by atoms with Gasteiger partial charge in [-0.1, -0.05) is 11.6 Å². The van der Waals surface area contributed by atoms with E-state index in [9.17, 15) is 0 Å². The Bertz CT molecular complexity index is 548. The fraction of sp³-hybridized carbons (Fsp3) is 0.273. The van der Waals surface area contributed by atoms with Crippen LogP contribution in [0.4, 0.5) is 0 Å². The third kappa shape index (κ3) is 1.87. The highest BCUT2D eigenvalue weighted by Gasteiger charge is 2.12. The maximum atomic E-state index is 5.90. The Labute approximate surface area is 108 Å². The van der Waals surface area contributed by atoms with Crippen LogP contribution in [0.5, 0.6) is 0 Å². The molecule has 2 aromatic heterocycles. The van der Waals surface area contributed by atoms with Crippen molar-refractivity contribution >= 4 is 27.5 Å². The molecular formula is C11H11BrClN3. The van der Waals surface area contributed by atoms with Crippen LogP contribution in [-0.2, 0) is 0 Å². The van der Waals surface area contributed by atoms with E-state index in [1.54, 1.807) is 6.20 Å². The first-order valence-electron chi connectivity index (χ1n) is 4.85. The summed E-state index contributed by atoms with van der Waals surface area (Å²) in [7, 11) is 0. The van der Waals surface area contributed by atoms with Gasteiger partial charge < -0.3 is 0 Å². The molecule has 0 saturated carbocycles. The zero-order chi connectivity index (χ0) is 11.9. The van der Waals surface area contributed by atoms with Crippen molar-refractivity contribution in [1.82, 2.24) is 14.8 Å². The smallest absolute Gasteiger partial charge is 0.131 e. The molecule has 0 atom stereocenters. The van der Waals surface area contributed by atoms with Crippen molar-refractivity contribution < 1.29 is 0 Å². The van der Waals surface area contributed by atoms with Gasteiger partial charge in [-0.3, -0.25) is 0 Å². The Balaban J connectivity index is 2.67. The van der Waals surface area contributed by atoms with E-state index in [-0.39, 0.29) is 0 Å². The summed E-state index contributed by atoms with van der Waals surface area (Å²) in [6, 6.07) is 1.82. The highest BCUT2D eigenvalue weighted by atomic mass is 79.9. The van der Waals surface area contributed by atoms with Crippen LogP contribution in [0.3, 0.4) is 0 Å². The van der Waals surface area contributed by atoms with Crippen molar-refractivity contribution in [3.8, 4) is 5.69 Å². The largest absolute Gasteiger partial charge is 0.244 e. The molecule has 0 amide bonds. The SMILES string of the molecule is Cc1cnc(Cl)cc1-n1nc(C)c(Br)c1C. The number of pyridine rings is 1. The number of nitrogens with zero attached hydrogens (tertiary/aromatic N) is 3. The summed E-state index contributed by atoms with van der Waals surface area (Å²) in [4.78, 5) is 4.04. The molecule has 5 heteroatoms. The molecule has 2 heterocycles. The second-order valence-electron chi connectivity index (χ2n) is 3.69. The molecule has 0 aliphatic rings. The molecule has 0 fully saturated rings. The molecule has 2 rings (SSSR count). The Morgan fingerprint density at radius 1 is 1.31 bits per heavy atom. The van der Waals surface area contributed by atoms with E-state index in [1.807, 2.05) is 31.5 Å². The molecule has 0 spiro atoms. The summed E-state index contributed by atoms with van der Waals surface area (Å²) in [5.74, 6) is 0. The lowest BCUT2D eigenvalue weighted by Crippen LogP contribution is -2.02. The van der Waals surface area contributed by atoms with Crippen LogP contribution in [0.15, 0.2) is 16.7 Å². The highest BCUT2D eigenvalue weighted by molar-refractivity contribution is 9.10. The van der Waals surface area contributed by atoms with Gasteiger partial charge in [-0.05, 0) is 42.3 Å². The molecule has 0 radical (unpaired) electrons. The van der Waals surface area contributed by atoms with Crippen molar-refractivity contribution in [2.24, 2.45) is 0 Å². The van der Waals surface area contributed by atoms with Gasteiger partial charge in [-0.2, -0.15) is 5.10 Å². The lowest BCUT2D eigenvalue weighted by atomic mass is 10.2. The minimum atomic E-state index is 0.476. The Morgan fingerprint density at radius 3 is 2.56 bits per heavy atom. The quantitative estimate of drug-likeness (QED) is 0.753. The summed E-state index contributed by atoms with van der Waals surface area (Å²) in [6.07, 6.45) is 1.75.